The Morgan fingerprint density at radius 2 is 1.03 bits per heavy atom. The fraction of sp³-hybridized carbons (Fsp3) is 0.400. The highest BCUT2D eigenvalue weighted by molar-refractivity contribution is 5.34. The zero-order chi connectivity index (χ0) is 22.6. The molecule has 0 saturated heterocycles. The molecule has 0 spiro atoms. The first-order valence-corrected chi connectivity index (χ1v) is 12.2. The Hall–Kier alpha value is -2.74. The number of aryl methyl sites for hydroxylation is 3. The van der Waals surface area contributed by atoms with Gasteiger partial charge < -0.3 is 9.47 Å². The fourth-order valence-corrected chi connectivity index (χ4v) is 3.89. The number of ether oxygens (including phenoxy) is 2. The van der Waals surface area contributed by atoms with Gasteiger partial charge in [-0.3, -0.25) is 0 Å². The lowest BCUT2D eigenvalue weighted by Crippen LogP contribution is -2.09. The van der Waals surface area contributed by atoms with Crippen molar-refractivity contribution >= 4 is 0 Å². The second kappa shape index (κ2) is 13.0. The summed E-state index contributed by atoms with van der Waals surface area (Å²) in [6.07, 6.45) is 8.01. The molecule has 0 saturated carbocycles. The van der Waals surface area contributed by atoms with Crippen LogP contribution in [0.15, 0.2) is 72.8 Å². The van der Waals surface area contributed by atoms with Crippen LogP contribution in [-0.2, 0) is 19.3 Å². The van der Waals surface area contributed by atoms with Crippen molar-refractivity contribution in [1.82, 2.24) is 0 Å². The lowest BCUT2D eigenvalue weighted by molar-refractivity contribution is 0.250. The van der Waals surface area contributed by atoms with Crippen LogP contribution in [0.1, 0.15) is 63.1 Å². The average Bonchev–Trinajstić information content (AvgIpc) is 2.81. The number of benzene rings is 3. The minimum atomic E-state index is 0.545. The van der Waals surface area contributed by atoms with E-state index >= 15 is 0 Å². The van der Waals surface area contributed by atoms with Crippen LogP contribution in [0.2, 0.25) is 0 Å². The summed E-state index contributed by atoms with van der Waals surface area (Å²) < 4.78 is 12.0. The molecule has 3 aromatic carbocycles. The highest BCUT2D eigenvalue weighted by atomic mass is 16.5. The van der Waals surface area contributed by atoms with E-state index in [-0.39, 0.29) is 0 Å². The molecule has 2 heteroatoms. The van der Waals surface area contributed by atoms with Crippen molar-refractivity contribution in [2.45, 2.75) is 65.7 Å². The van der Waals surface area contributed by atoms with Gasteiger partial charge in [-0.25, -0.2) is 0 Å². The molecule has 0 radical (unpaired) electrons. The van der Waals surface area contributed by atoms with E-state index in [9.17, 15) is 0 Å². The number of rotatable bonds is 13. The highest BCUT2D eigenvalue weighted by Crippen LogP contribution is 2.23. The Labute approximate surface area is 194 Å². The smallest absolute Gasteiger partial charge is 0.127 e. The van der Waals surface area contributed by atoms with Crippen molar-refractivity contribution in [2.24, 2.45) is 5.92 Å². The van der Waals surface area contributed by atoms with Gasteiger partial charge in [0.1, 0.15) is 17.2 Å². The van der Waals surface area contributed by atoms with E-state index in [1.165, 1.54) is 36.0 Å². The molecule has 1 atom stereocenters. The predicted molar refractivity (Wildman–Crippen MR) is 135 cm³/mol. The molecule has 3 rings (SSSR count). The summed E-state index contributed by atoms with van der Waals surface area (Å²) in [7, 11) is 0. The number of hydrogen-bond donors (Lipinski definition) is 0. The summed E-state index contributed by atoms with van der Waals surface area (Å²) in [6, 6.07) is 25.5. The van der Waals surface area contributed by atoms with Gasteiger partial charge in [-0.2, -0.15) is 0 Å². The van der Waals surface area contributed by atoms with Crippen LogP contribution in [0.4, 0.5) is 0 Å². The third-order valence-electron chi connectivity index (χ3n) is 5.78. The molecule has 0 aromatic heterocycles. The van der Waals surface area contributed by atoms with Crippen LogP contribution in [0.5, 0.6) is 17.2 Å². The summed E-state index contributed by atoms with van der Waals surface area (Å²) in [5.74, 6) is 3.31. The van der Waals surface area contributed by atoms with Crippen molar-refractivity contribution in [2.75, 3.05) is 6.61 Å². The Bertz CT molecular complexity index is 895. The summed E-state index contributed by atoms with van der Waals surface area (Å²) in [4.78, 5) is 0. The fourth-order valence-electron chi connectivity index (χ4n) is 3.89. The van der Waals surface area contributed by atoms with E-state index in [0.29, 0.717) is 5.92 Å². The molecule has 0 N–H and O–H groups in total. The third kappa shape index (κ3) is 8.07. The molecular weight excluding hydrogens is 392 g/mol. The normalized spacial score (nSPS) is 11.8. The highest BCUT2D eigenvalue weighted by Gasteiger charge is 2.05. The van der Waals surface area contributed by atoms with Crippen LogP contribution < -0.4 is 9.47 Å². The van der Waals surface area contributed by atoms with Crippen molar-refractivity contribution in [3.63, 3.8) is 0 Å². The van der Waals surface area contributed by atoms with Crippen LogP contribution in [-0.4, -0.2) is 6.61 Å². The predicted octanol–water partition coefficient (Wildman–Crippen LogP) is 8.42. The molecule has 0 fully saturated rings. The van der Waals surface area contributed by atoms with Gasteiger partial charge in [0.15, 0.2) is 0 Å². The summed E-state index contributed by atoms with van der Waals surface area (Å²) >= 11 is 0. The van der Waals surface area contributed by atoms with Crippen LogP contribution in [0.25, 0.3) is 0 Å². The van der Waals surface area contributed by atoms with Gasteiger partial charge in [0.05, 0.1) is 6.61 Å². The van der Waals surface area contributed by atoms with Crippen molar-refractivity contribution < 1.29 is 9.47 Å². The Balaban J connectivity index is 1.36. The molecule has 0 aliphatic rings. The molecule has 3 aromatic rings. The zero-order valence-electron chi connectivity index (χ0n) is 20.0. The molecule has 0 aliphatic carbocycles. The first-order chi connectivity index (χ1) is 15.7. The van der Waals surface area contributed by atoms with E-state index in [4.69, 9.17) is 9.47 Å². The molecule has 1 unspecified atom stereocenters. The maximum Gasteiger partial charge on any atom is 0.127 e. The topological polar surface area (TPSA) is 18.5 Å². The SMILES string of the molecule is CCCc1ccc(OCC(C)CCCc2ccc(Oc3ccc(CCC)cc3)cc2)cc1. The van der Waals surface area contributed by atoms with E-state index in [1.807, 2.05) is 0 Å². The molecule has 0 bridgehead atoms. The second-order valence-electron chi connectivity index (χ2n) is 8.84. The third-order valence-corrected chi connectivity index (χ3v) is 5.78. The van der Waals surface area contributed by atoms with Crippen molar-refractivity contribution in [3.05, 3.63) is 89.5 Å². The van der Waals surface area contributed by atoms with Gasteiger partial charge in [0, 0.05) is 0 Å². The van der Waals surface area contributed by atoms with Gasteiger partial charge in [-0.05, 0) is 91.1 Å². The second-order valence-corrected chi connectivity index (χ2v) is 8.84. The maximum absolute atomic E-state index is 5.99. The average molecular weight is 431 g/mol. The minimum Gasteiger partial charge on any atom is -0.493 e. The molecule has 170 valence electrons. The van der Waals surface area contributed by atoms with Gasteiger partial charge in [-0.15, -0.1) is 0 Å². The first-order valence-electron chi connectivity index (χ1n) is 12.2. The van der Waals surface area contributed by atoms with E-state index in [0.717, 1.165) is 49.5 Å². The Morgan fingerprint density at radius 1 is 0.594 bits per heavy atom. The van der Waals surface area contributed by atoms with Gasteiger partial charge in [0.2, 0.25) is 0 Å². The largest absolute Gasteiger partial charge is 0.493 e. The van der Waals surface area contributed by atoms with Crippen LogP contribution >= 0.6 is 0 Å². The zero-order valence-corrected chi connectivity index (χ0v) is 20.0. The van der Waals surface area contributed by atoms with Crippen molar-refractivity contribution in [1.29, 1.82) is 0 Å². The first kappa shape index (κ1) is 23.9. The monoisotopic (exact) mass is 430 g/mol. The molecule has 0 amide bonds. The molecule has 0 heterocycles. The lowest BCUT2D eigenvalue weighted by Gasteiger charge is -2.13. The Kier molecular flexibility index (Phi) is 9.68. The Morgan fingerprint density at radius 3 is 1.50 bits per heavy atom. The molecule has 32 heavy (non-hydrogen) atoms. The van der Waals surface area contributed by atoms with Crippen molar-refractivity contribution in [3.8, 4) is 17.2 Å². The quantitative estimate of drug-likeness (QED) is 0.271. The van der Waals surface area contributed by atoms with E-state index in [1.54, 1.807) is 0 Å². The van der Waals surface area contributed by atoms with E-state index < -0.39 is 0 Å². The van der Waals surface area contributed by atoms with Crippen LogP contribution in [0.3, 0.4) is 0 Å². The molecular formula is C30H38O2. The van der Waals surface area contributed by atoms with Gasteiger partial charge in [0.25, 0.3) is 0 Å². The molecule has 2 nitrogen and oxygen atoms in total. The summed E-state index contributed by atoms with van der Waals surface area (Å²) in [5, 5.41) is 0. The van der Waals surface area contributed by atoms with Gasteiger partial charge >= 0.3 is 0 Å². The molecule has 0 aliphatic heterocycles. The maximum atomic E-state index is 5.99. The summed E-state index contributed by atoms with van der Waals surface area (Å²) in [6.45, 7) is 7.46. The standard InChI is InChI=1S/C30H38O2/c1-4-7-25-11-17-28(18-12-25)31-23-24(3)9-6-10-27-15-21-30(22-16-27)32-29-19-13-26(8-5-2)14-20-29/h11-22,24H,4-10,23H2,1-3H3. The minimum absolute atomic E-state index is 0.545. The lowest BCUT2D eigenvalue weighted by atomic mass is 10.0. The van der Waals surface area contributed by atoms with E-state index in [2.05, 4.69) is 93.6 Å². The van der Waals surface area contributed by atoms with Crippen LogP contribution in [0, 0.1) is 5.92 Å². The summed E-state index contributed by atoms with van der Waals surface area (Å²) in [5.41, 5.74) is 4.10. The van der Waals surface area contributed by atoms with Gasteiger partial charge in [-0.1, -0.05) is 70.0 Å². The number of hydrogen-bond acceptors (Lipinski definition) is 2.